The smallest absolute Gasteiger partial charge is 0.0445 e. The predicted molar refractivity (Wildman–Crippen MR) is 83.7 cm³/mol. The van der Waals surface area contributed by atoms with E-state index >= 15 is 0 Å². The summed E-state index contributed by atoms with van der Waals surface area (Å²) in [5, 5.41) is 12.7. The lowest BCUT2D eigenvalue weighted by atomic mass is 9.98. The number of rotatable bonds is 6. The molecule has 0 spiro atoms. The largest absolute Gasteiger partial charge is 0.396 e. The summed E-state index contributed by atoms with van der Waals surface area (Å²) >= 11 is 7.06. The zero-order chi connectivity index (χ0) is 13.7. The summed E-state index contributed by atoms with van der Waals surface area (Å²) < 4.78 is 2.17. The van der Waals surface area contributed by atoms with Gasteiger partial charge in [0, 0.05) is 27.6 Å². The third kappa shape index (κ3) is 4.65. The van der Waals surface area contributed by atoms with Gasteiger partial charge in [-0.25, -0.2) is 0 Å². The zero-order valence-corrected chi connectivity index (χ0v) is 14.3. The van der Waals surface area contributed by atoms with Gasteiger partial charge in [0.2, 0.25) is 0 Å². The number of aliphatic hydroxyl groups excluding tert-OH is 1. The van der Waals surface area contributed by atoms with Gasteiger partial charge in [-0.2, -0.15) is 0 Å². The molecular weight excluding hydrogens is 358 g/mol. The summed E-state index contributed by atoms with van der Waals surface area (Å²) in [4.78, 5) is 0. The molecule has 0 radical (unpaired) electrons. The molecule has 2 unspecified atom stereocenters. The number of benzene rings is 1. The number of hydrogen-bond donors (Lipinski definition) is 2. The minimum atomic E-state index is 0.226. The molecule has 102 valence electrons. The van der Waals surface area contributed by atoms with E-state index in [1.165, 1.54) is 5.56 Å². The lowest BCUT2D eigenvalue weighted by molar-refractivity contribution is 0.237. The lowest BCUT2D eigenvalue weighted by Gasteiger charge is -2.26. The van der Waals surface area contributed by atoms with E-state index in [0.717, 1.165) is 15.4 Å². The van der Waals surface area contributed by atoms with Gasteiger partial charge in [-0.15, -0.1) is 0 Å². The Hall–Kier alpha value is 0.1000. The van der Waals surface area contributed by atoms with Gasteiger partial charge in [0.05, 0.1) is 0 Å². The van der Waals surface area contributed by atoms with Crippen LogP contribution >= 0.6 is 31.9 Å². The topological polar surface area (TPSA) is 32.3 Å². The average molecular weight is 379 g/mol. The Morgan fingerprint density at radius 3 is 2.39 bits per heavy atom. The van der Waals surface area contributed by atoms with Crippen molar-refractivity contribution in [1.29, 1.82) is 0 Å². The predicted octanol–water partition coefficient (Wildman–Crippen LogP) is 4.27. The van der Waals surface area contributed by atoms with Gasteiger partial charge in [-0.05, 0) is 37.0 Å². The molecule has 2 N–H and O–H groups in total. The molecule has 0 amide bonds. The SMILES string of the molecule is CC(NC(CCO)C(C)C)c1ccc(Br)cc1Br. The molecule has 1 aromatic rings. The number of aliphatic hydroxyl groups is 1. The molecule has 4 heteroatoms. The first-order chi connectivity index (χ1) is 8.45. The van der Waals surface area contributed by atoms with Crippen molar-refractivity contribution in [3.63, 3.8) is 0 Å². The number of nitrogens with one attached hydrogen (secondary N) is 1. The molecular formula is C14H21Br2NO. The van der Waals surface area contributed by atoms with Gasteiger partial charge in [0.25, 0.3) is 0 Å². The molecule has 0 aromatic heterocycles. The summed E-state index contributed by atoms with van der Waals surface area (Å²) in [6, 6.07) is 6.81. The van der Waals surface area contributed by atoms with Gasteiger partial charge in [-0.3, -0.25) is 0 Å². The van der Waals surface area contributed by atoms with Crippen LogP contribution in [0.15, 0.2) is 27.1 Å². The Labute approximate surface area is 126 Å². The van der Waals surface area contributed by atoms with Crippen LogP contribution in [-0.2, 0) is 0 Å². The second-order valence-electron chi connectivity index (χ2n) is 4.92. The number of hydrogen-bond acceptors (Lipinski definition) is 2. The van der Waals surface area contributed by atoms with E-state index in [2.05, 4.69) is 76.1 Å². The second kappa shape index (κ2) is 7.63. The lowest BCUT2D eigenvalue weighted by Crippen LogP contribution is -2.36. The van der Waals surface area contributed by atoms with Crippen molar-refractivity contribution in [2.45, 2.75) is 39.3 Å². The van der Waals surface area contributed by atoms with Crippen molar-refractivity contribution in [3.05, 3.63) is 32.7 Å². The van der Waals surface area contributed by atoms with Crippen LogP contribution in [0.5, 0.6) is 0 Å². The molecule has 0 saturated carbocycles. The summed E-state index contributed by atoms with van der Waals surface area (Å²) in [7, 11) is 0. The molecule has 0 bridgehead atoms. The zero-order valence-electron chi connectivity index (χ0n) is 11.1. The fraction of sp³-hybridized carbons (Fsp3) is 0.571. The van der Waals surface area contributed by atoms with Gasteiger partial charge in [0.15, 0.2) is 0 Å². The second-order valence-corrected chi connectivity index (χ2v) is 6.69. The van der Waals surface area contributed by atoms with Crippen LogP contribution in [0.3, 0.4) is 0 Å². The molecule has 0 saturated heterocycles. The third-order valence-electron chi connectivity index (χ3n) is 3.14. The van der Waals surface area contributed by atoms with Crippen LogP contribution < -0.4 is 5.32 Å². The molecule has 18 heavy (non-hydrogen) atoms. The van der Waals surface area contributed by atoms with Gasteiger partial charge >= 0.3 is 0 Å². The van der Waals surface area contributed by atoms with Gasteiger partial charge in [0.1, 0.15) is 0 Å². The molecule has 2 nitrogen and oxygen atoms in total. The summed E-state index contributed by atoms with van der Waals surface area (Å²) in [6.07, 6.45) is 0.788. The monoisotopic (exact) mass is 377 g/mol. The van der Waals surface area contributed by atoms with Crippen LogP contribution in [0.1, 0.15) is 38.8 Å². The quantitative estimate of drug-likeness (QED) is 0.774. The van der Waals surface area contributed by atoms with Crippen LogP contribution in [0.2, 0.25) is 0 Å². The third-order valence-corrected chi connectivity index (χ3v) is 4.32. The highest BCUT2D eigenvalue weighted by atomic mass is 79.9. The van der Waals surface area contributed by atoms with Crippen molar-refractivity contribution in [1.82, 2.24) is 5.32 Å². The van der Waals surface area contributed by atoms with E-state index in [1.807, 2.05) is 0 Å². The van der Waals surface area contributed by atoms with E-state index in [-0.39, 0.29) is 12.6 Å². The maximum absolute atomic E-state index is 9.10. The Morgan fingerprint density at radius 2 is 1.89 bits per heavy atom. The van der Waals surface area contributed by atoms with E-state index in [1.54, 1.807) is 0 Å². The molecule has 0 aliphatic heterocycles. The Balaban J connectivity index is 2.76. The molecule has 1 rings (SSSR count). The maximum Gasteiger partial charge on any atom is 0.0445 e. The van der Waals surface area contributed by atoms with E-state index in [0.29, 0.717) is 12.0 Å². The van der Waals surface area contributed by atoms with Gasteiger partial charge < -0.3 is 10.4 Å². The number of halogens is 2. The summed E-state index contributed by atoms with van der Waals surface area (Å²) in [6.45, 7) is 6.73. The van der Waals surface area contributed by atoms with Gasteiger partial charge in [-0.1, -0.05) is 51.8 Å². The Kier molecular flexibility index (Phi) is 6.85. The molecule has 2 atom stereocenters. The first kappa shape index (κ1) is 16.2. The van der Waals surface area contributed by atoms with Crippen molar-refractivity contribution < 1.29 is 5.11 Å². The summed E-state index contributed by atoms with van der Waals surface area (Å²) in [5.41, 5.74) is 1.24. The first-order valence-electron chi connectivity index (χ1n) is 6.27. The molecule has 0 heterocycles. The van der Waals surface area contributed by atoms with Crippen molar-refractivity contribution in [3.8, 4) is 0 Å². The molecule has 0 aliphatic rings. The Bertz CT molecular complexity index is 382. The van der Waals surface area contributed by atoms with E-state index in [9.17, 15) is 0 Å². The van der Waals surface area contributed by atoms with Crippen LogP contribution in [0, 0.1) is 5.92 Å². The molecule has 1 aromatic carbocycles. The Morgan fingerprint density at radius 1 is 1.22 bits per heavy atom. The minimum Gasteiger partial charge on any atom is -0.396 e. The minimum absolute atomic E-state index is 0.226. The first-order valence-corrected chi connectivity index (χ1v) is 7.86. The highest BCUT2D eigenvalue weighted by molar-refractivity contribution is 9.11. The van der Waals surface area contributed by atoms with Crippen molar-refractivity contribution in [2.75, 3.05) is 6.61 Å². The summed E-state index contributed by atoms with van der Waals surface area (Å²) in [5.74, 6) is 0.508. The average Bonchev–Trinajstić information content (AvgIpc) is 2.27. The van der Waals surface area contributed by atoms with E-state index < -0.39 is 0 Å². The fourth-order valence-corrected chi connectivity index (χ4v) is 3.40. The van der Waals surface area contributed by atoms with Crippen molar-refractivity contribution in [2.24, 2.45) is 5.92 Å². The van der Waals surface area contributed by atoms with Crippen LogP contribution in [0.4, 0.5) is 0 Å². The standard InChI is InChI=1S/C14H21Br2NO/c1-9(2)14(6-7-18)17-10(3)12-5-4-11(15)8-13(12)16/h4-5,8-10,14,17-18H,6-7H2,1-3H3. The van der Waals surface area contributed by atoms with E-state index in [4.69, 9.17) is 5.11 Å². The highest BCUT2D eigenvalue weighted by Gasteiger charge is 2.17. The van der Waals surface area contributed by atoms with Crippen LogP contribution in [-0.4, -0.2) is 17.8 Å². The molecule has 0 fully saturated rings. The highest BCUT2D eigenvalue weighted by Crippen LogP contribution is 2.27. The fourth-order valence-electron chi connectivity index (χ4n) is 2.01. The maximum atomic E-state index is 9.10. The van der Waals surface area contributed by atoms with Crippen LogP contribution in [0.25, 0.3) is 0 Å². The van der Waals surface area contributed by atoms with Crippen molar-refractivity contribution >= 4 is 31.9 Å². The molecule has 0 aliphatic carbocycles. The normalized spacial score (nSPS) is 14.8.